The number of rotatable bonds is 4. The van der Waals surface area contributed by atoms with Gasteiger partial charge in [-0.1, -0.05) is 5.92 Å². The molecule has 0 aliphatic carbocycles. The molecule has 0 atom stereocenters. The number of nitrogens with zero attached hydrogens (tertiary/aromatic N) is 4. The summed E-state index contributed by atoms with van der Waals surface area (Å²) in [6, 6.07) is 0. The van der Waals surface area contributed by atoms with Crippen molar-refractivity contribution in [3.63, 3.8) is 0 Å². The molecule has 1 heterocycles. The van der Waals surface area contributed by atoms with Gasteiger partial charge in [-0.05, 0) is 17.4 Å². The predicted octanol–water partition coefficient (Wildman–Crippen LogP) is -0.588. The lowest BCUT2D eigenvalue weighted by Gasteiger charge is -2.00. The molecular weight excluding hydrogens is 184 g/mol. The van der Waals surface area contributed by atoms with Crippen LogP contribution in [0, 0.1) is 12.3 Å². The van der Waals surface area contributed by atoms with Crippen LogP contribution in [0.15, 0.2) is 0 Å². The van der Waals surface area contributed by atoms with E-state index in [9.17, 15) is 4.79 Å². The van der Waals surface area contributed by atoms with Crippen LogP contribution in [0.4, 0.5) is 0 Å². The molecule has 0 amide bonds. The molecule has 14 heavy (non-hydrogen) atoms. The molecule has 0 spiro atoms. The van der Waals surface area contributed by atoms with Crippen LogP contribution in [0.3, 0.4) is 0 Å². The highest BCUT2D eigenvalue weighted by Crippen LogP contribution is 1.95. The Balaban J connectivity index is 2.62. The van der Waals surface area contributed by atoms with E-state index < -0.39 is 0 Å². The first kappa shape index (κ1) is 10.2. The van der Waals surface area contributed by atoms with Gasteiger partial charge in [0.25, 0.3) is 0 Å². The number of tetrazole rings is 1. The van der Waals surface area contributed by atoms with Gasteiger partial charge in [0, 0.05) is 0 Å². The molecule has 6 nitrogen and oxygen atoms in total. The summed E-state index contributed by atoms with van der Waals surface area (Å²) in [5, 5.41) is 10.7. The topological polar surface area (TPSA) is 69.9 Å². The highest BCUT2D eigenvalue weighted by atomic mass is 16.5. The van der Waals surface area contributed by atoms with Crippen LogP contribution in [0.2, 0.25) is 0 Å². The lowest BCUT2D eigenvalue weighted by molar-refractivity contribution is -0.142. The molecule has 74 valence electrons. The van der Waals surface area contributed by atoms with E-state index in [4.69, 9.17) is 11.2 Å². The van der Waals surface area contributed by atoms with Crippen molar-refractivity contribution in [1.82, 2.24) is 20.2 Å². The molecule has 0 fully saturated rings. The predicted molar refractivity (Wildman–Crippen MR) is 47.0 cm³/mol. The molecule has 0 radical (unpaired) electrons. The average Bonchev–Trinajstić information content (AvgIpc) is 2.54. The van der Waals surface area contributed by atoms with Crippen LogP contribution in [0.25, 0.3) is 0 Å². The molecule has 0 saturated heterocycles. The van der Waals surface area contributed by atoms with Gasteiger partial charge in [0.15, 0.2) is 5.82 Å². The zero-order valence-corrected chi connectivity index (χ0v) is 7.80. The van der Waals surface area contributed by atoms with Crippen LogP contribution < -0.4 is 0 Å². The molecule has 0 saturated carbocycles. The largest absolute Gasteiger partial charge is 0.466 e. The van der Waals surface area contributed by atoms with E-state index in [1.165, 1.54) is 4.68 Å². The van der Waals surface area contributed by atoms with Crippen molar-refractivity contribution in [3.8, 4) is 12.3 Å². The standard InChI is InChI=1S/C8H10N4O2/c1-3-5-12-7(9-10-11-12)6-8(13)14-4-2/h1H,4-6H2,2H3. The van der Waals surface area contributed by atoms with Crippen molar-refractivity contribution in [2.75, 3.05) is 6.61 Å². The van der Waals surface area contributed by atoms with Crippen molar-refractivity contribution in [2.45, 2.75) is 19.9 Å². The smallest absolute Gasteiger partial charge is 0.313 e. The highest BCUT2D eigenvalue weighted by Gasteiger charge is 2.10. The van der Waals surface area contributed by atoms with Crippen molar-refractivity contribution >= 4 is 5.97 Å². The Hall–Kier alpha value is -1.90. The number of carbonyl (C=O) groups excluding carboxylic acids is 1. The highest BCUT2D eigenvalue weighted by molar-refractivity contribution is 5.71. The number of hydrogen-bond acceptors (Lipinski definition) is 5. The van der Waals surface area contributed by atoms with Gasteiger partial charge in [0.05, 0.1) is 6.61 Å². The van der Waals surface area contributed by atoms with Crippen molar-refractivity contribution in [3.05, 3.63) is 5.82 Å². The van der Waals surface area contributed by atoms with E-state index in [1.54, 1.807) is 6.92 Å². The lowest BCUT2D eigenvalue weighted by Crippen LogP contribution is -2.13. The van der Waals surface area contributed by atoms with Crippen LogP contribution in [0.1, 0.15) is 12.7 Å². The molecule has 1 aromatic rings. The van der Waals surface area contributed by atoms with Gasteiger partial charge in [0.2, 0.25) is 0 Å². The Morgan fingerprint density at radius 1 is 1.71 bits per heavy atom. The van der Waals surface area contributed by atoms with Gasteiger partial charge in [-0.2, -0.15) is 0 Å². The summed E-state index contributed by atoms with van der Waals surface area (Å²) in [4.78, 5) is 11.1. The third-order valence-corrected chi connectivity index (χ3v) is 1.45. The second-order valence-electron chi connectivity index (χ2n) is 2.44. The molecule has 1 rings (SSSR count). The van der Waals surface area contributed by atoms with Crippen LogP contribution >= 0.6 is 0 Å². The Kier molecular flexibility index (Phi) is 3.61. The minimum atomic E-state index is -0.361. The van der Waals surface area contributed by atoms with E-state index in [0.29, 0.717) is 12.4 Å². The maximum atomic E-state index is 11.1. The maximum absolute atomic E-state index is 11.1. The molecule has 0 aliphatic rings. The fourth-order valence-electron chi connectivity index (χ4n) is 0.900. The van der Waals surface area contributed by atoms with E-state index in [0.717, 1.165) is 0 Å². The number of esters is 1. The molecule has 0 bridgehead atoms. The first-order chi connectivity index (χ1) is 6.77. The average molecular weight is 194 g/mol. The zero-order valence-electron chi connectivity index (χ0n) is 7.80. The maximum Gasteiger partial charge on any atom is 0.313 e. The van der Waals surface area contributed by atoms with E-state index >= 15 is 0 Å². The molecule has 0 aliphatic heterocycles. The van der Waals surface area contributed by atoms with Gasteiger partial charge in [-0.15, -0.1) is 11.5 Å². The second kappa shape index (κ2) is 4.97. The Morgan fingerprint density at radius 2 is 2.50 bits per heavy atom. The molecule has 1 aromatic heterocycles. The summed E-state index contributed by atoms with van der Waals surface area (Å²) in [5.41, 5.74) is 0. The van der Waals surface area contributed by atoms with Crippen LogP contribution in [-0.2, 0) is 22.5 Å². The number of carbonyl (C=O) groups is 1. The van der Waals surface area contributed by atoms with Crippen LogP contribution in [-0.4, -0.2) is 32.8 Å². The molecule has 0 aromatic carbocycles. The molecule has 0 unspecified atom stereocenters. The van der Waals surface area contributed by atoms with Crippen molar-refractivity contribution in [2.24, 2.45) is 0 Å². The summed E-state index contributed by atoms with van der Waals surface area (Å²) in [5.74, 6) is 2.44. The normalized spacial score (nSPS) is 9.43. The Labute approximate surface area is 81.2 Å². The lowest BCUT2D eigenvalue weighted by atomic mass is 10.4. The molecule has 0 N–H and O–H groups in total. The Bertz CT molecular complexity index is 352. The van der Waals surface area contributed by atoms with Gasteiger partial charge in [-0.25, -0.2) is 4.68 Å². The zero-order chi connectivity index (χ0) is 10.4. The minimum absolute atomic E-state index is 0.0442. The van der Waals surface area contributed by atoms with E-state index in [-0.39, 0.29) is 18.9 Å². The van der Waals surface area contributed by atoms with Gasteiger partial charge >= 0.3 is 5.97 Å². The number of hydrogen-bond donors (Lipinski definition) is 0. The van der Waals surface area contributed by atoms with Crippen LogP contribution in [0.5, 0.6) is 0 Å². The summed E-state index contributed by atoms with van der Waals surface area (Å²) in [7, 11) is 0. The monoisotopic (exact) mass is 194 g/mol. The third-order valence-electron chi connectivity index (χ3n) is 1.45. The second-order valence-corrected chi connectivity index (χ2v) is 2.44. The minimum Gasteiger partial charge on any atom is -0.466 e. The molecule has 6 heteroatoms. The fourth-order valence-corrected chi connectivity index (χ4v) is 0.900. The van der Waals surface area contributed by atoms with Gasteiger partial charge in [-0.3, -0.25) is 4.79 Å². The first-order valence-corrected chi connectivity index (χ1v) is 4.12. The fraction of sp³-hybridized carbons (Fsp3) is 0.500. The van der Waals surface area contributed by atoms with E-state index in [2.05, 4.69) is 21.4 Å². The van der Waals surface area contributed by atoms with Gasteiger partial charge < -0.3 is 4.74 Å². The Morgan fingerprint density at radius 3 is 3.14 bits per heavy atom. The third kappa shape index (κ3) is 2.55. The van der Waals surface area contributed by atoms with Crippen molar-refractivity contribution in [1.29, 1.82) is 0 Å². The number of terminal acetylenes is 1. The summed E-state index contributed by atoms with van der Waals surface area (Å²) in [6.07, 6.45) is 5.14. The number of aromatic nitrogens is 4. The summed E-state index contributed by atoms with van der Waals surface area (Å²) in [6.45, 7) is 2.33. The van der Waals surface area contributed by atoms with Gasteiger partial charge in [0.1, 0.15) is 13.0 Å². The SMILES string of the molecule is C#CCn1nnnc1CC(=O)OCC. The molecular formula is C8H10N4O2. The quantitative estimate of drug-likeness (QED) is 0.473. The first-order valence-electron chi connectivity index (χ1n) is 4.12. The van der Waals surface area contributed by atoms with E-state index in [1.807, 2.05) is 0 Å². The summed E-state index contributed by atoms with van der Waals surface area (Å²) < 4.78 is 6.13. The number of ether oxygens (including phenoxy) is 1. The van der Waals surface area contributed by atoms with Crippen molar-refractivity contribution < 1.29 is 9.53 Å². The summed E-state index contributed by atoms with van der Waals surface area (Å²) >= 11 is 0.